The van der Waals surface area contributed by atoms with Gasteiger partial charge in [0.1, 0.15) is 24.7 Å². The first kappa shape index (κ1) is 40.9. The number of nitrogens with two attached hydrogens (primary N) is 3. The van der Waals surface area contributed by atoms with Crippen LogP contribution in [-0.2, 0) is 37.6 Å². The van der Waals surface area contributed by atoms with Gasteiger partial charge in [0.15, 0.2) is 16.6 Å². The summed E-state index contributed by atoms with van der Waals surface area (Å²) >= 11 is 0. The molecule has 3 atom stereocenters. The van der Waals surface area contributed by atoms with E-state index in [9.17, 15) is 24.0 Å². The molecule has 0 saturated carbocycles. The fraction of sp³-hybridized carbons (Fsp3) is 0.760. The van der Waals surface area contributed by atoms with Crippen molar-refractivity contribution in [2.45, 2.75) is 82.6 Å². The molecule has 0 fully saturated rings. The molecule has 0 radical (unpaired) electrons. The van der Waals surface area contributed by atoms with Crippen LogP contribution >= 0.6 is 0 Å². The van der Waals surface area contributed by atoms with Gasteiger partial charge in [0, 0.05) is 6.61 Å². The van der Waals surface area contributed by atoms with Gasteiger partial charge in [0.05, 0.1) is 32.7 Å². The van der Waals surface area contributed by atoms with Gasteiger partial charge in [-0.1, -0.05) is 0 Å². The predicted molar refractivity (Wildman–Crippen MR) is 166 cm³/mol. The maximum absolute atomic E-state index is 12.7. The summed E-state index contributed by atoms with van der Waals surface area (Å²) in [7, 11) is -3.39. The molecule has 0 aliphatic rings. The largest absolute Gasteiger partial charge is 0.481 e. The summed E-state index contributed by atoms with van der Waals surface area (Å²) in [6.45, 7) is 10.4. The Balaban J connectivity index is 4.93. The van der Waals surface area contributed by atoms with Crippen molar-refractivity contribution in [1.29, 1.82) is 0 Å². The zero-order valence-corrected chi connectivity index (χ0v) is 28.4. The van der Waals surface area contributed by atoms with E-state index in [1.165, 1.54) is 0 Å². The van der Waals surface area contributed by atoms with Crippen LogP contribution < -0.4 is 38.1 Å². The van der Waals surface area contributed by atoms with Crippen molar-refractivity contribution < 1.29 is 52.8 Å². The Labute approximate surface area is 260 Å². The Morgan fingerprint density at radius 2 is 1.57 bits per heavy atom. The zero-order valence-electron chi connectivity index (χ0n) is 26.4. The number of carbonyl (C=O) groups excluding carboxylic acids is 4. The molecule has 3 unspecified atom stereocenters. The third-order valence-electron chi connectivity index (χ3n) is 5.71. The molecular formula is C25H52N7O10Si2+. The van der Waals surface area contributed by atoms with E-state index in [1.807, 2.05) is 0 Å². The molecule has 0 aromatic heterocycles. The summed E-state index contributed by atoms with van der Waals surface area (Å²) < 4.78 is 17.2. The first-order valence-electron chi connectivity index (χ1n) is 14.4. The fourth-order valence-corrected chi connectivity index (χ4v) is 12.0. The van der Waals surface area contributed by atoms with Crippen molar-refractivity contribution >= 4 is 52.3 Å². The lowest BCUT2D eigenvalue weighted by atomic mass is 10.1. The topological polar surface area (TPSA) is 282 Å². The Morgan fingerprint density at radius 1 is 0.909 bits per heavy atom. The van der Waals surface area contributed by atoms with E-state index in [0.717, 1.165) is 12.5 Å². The summed E-state index contributed by atoms with van der Waals surface area (Å²) in [5.74, 6) is -4.82. The summed E-state index contributed by atoms with van der Waals surface area (Å²) in [5, 5.41) is 24.9. The minimum atomic E-state index is -1.77. The van der Waals surface area contributed by atoms with Crippen molar-refractivity contribution in [3.8, 4) is 0 Å². The van der Waals surface area contributed by atoms with Crippen LogP contribution in [-0.4, -0.2) is 120 Å². The average molecular weight is 667 g/mol. The molecule has 12 N–H and O–H groups in total. The molecule has 0 bridgehead atoms. The molecule has 0 aliphatic heterocycles. The molecule has 254 valence electrons. The second-order valence-corrected chi connectivity index (χ2v) is 20.7. The van der Waals surface area contributed by atoms with Gasteiger partial charge in [0.2, 0.25) is 17.7 Å². The number of aliphatic hydroxyl groups is 1. The third-order valence-corrected chi connectivity index (χ3v) is 11.9. The minimum absolute atomic E-state index is 0.00549. The molecule has 3 amide bonds. The number of carbonyl (C=O) groups is 5. The Kier molecular flexibility index (Phi) is 19.3. The van der Waals surface area contributed by atoms with Gasteiger partial charge in [0.25, 0.3) is 0 Å². The van der Waals surface area contributed by atoms with Crippen LogP contribution in [0.3, 0.4) is 0 Å². The number of nitrogens with one attached hydrogen (secondary N) is 4. The Morgan fingerprint density at radius 3 is 2.14 bits per heavy atom. The van der Waals surface area contributed by atoms with E-state index in [2.05, 4.69) is 53.7 Å². The first-order chi connectivity index (χ1) is 20.4. The van der Waals surface area contributed by atoms with Crippen LogP contribution in [0.25, 0.3) is 0 Å². The Hall–Kier alpha value is -3.11. The molecule has 19 heteroatoms. The van der Waals surface area contributed by atoms with E-state index >= 15 is 0 Å². The first-order valence-corrected chi connectivity index (χ1v) is 20.9. The number of amides is 3. The quantitative estimate of drug-likeness (QED) is 0.0166. The van der Waals surface area contributed by atoms with Gasteiger partial charge in [-0.05, 0) is 58.0 Å². The maximum Gasteiger partial charge on any atom is 0.338 e. The van der Waals surface area contributed by atoms with Crippen LogP contribution in [0.2, 0.25) is 38.8 Å². The average Bonchev–Trinajstić information content (AvgIpc) is 2.89. The molecule has 0 spiro atoms. The van der Waals surface area contributed by atoms with Crippen LogP contribution in [0.15, 0.2) is 0 Å². The monoisotopic (exact) mass is 666 g/mol. The lowest BCUT2D eigenvalue weighted by molar-refractivity contribution is -0.459. The van der Waals surface area contributed by atoms with Crippen molar-refractivity contribution in [3.63, 3.8) is 0 Å². The fourth-order valence-electron chi connectivity index (χ4n) is 3.95. The van der Waals surface area contributed by atoms with Crippen molar-refractivity contribution in [3.05, 3.63) is 0 Å². The zero-order chi connectivity index (χ0) is 33.9. The van der Waals surface area contributed by atoms with Crippen molar-refractivity contribution in [1.82, 2.24) is 16.0 Å². The lowest BCUT2D eigenvalue weighted by Gasteiger charge is -2.31. The van der Waals surface area contributed by atoms with Crippen molar-refractivity contribution in [2.75, 3.05) is 39.5 Å². The molecule has 0 aliphatic carbocycles. The number of carboxylic acid groups (broad SMARTS) is 1. The molecule has 0 saturated heterocycles. The SMILES string of the molecule is C[Si](C)(C)O[Si](C)(C)CCCOCCOC(=O)C(CCC[NH+]=C(N)N)NC(=O)CNC(=O)C(CC(=O)O)NC(=O)C(N)CO. The molecule has 0 aromatic carbocycles. The number of esters is 1. The molecule has 44 heavy (non-hydrogen) atoms. The maximum atomic E-state index is 12.7. The van der Waals surface area contributed by atoms with Crippen molar-refractivity contribution in [2.24, 2.45) is 17.2 Å². The smallest absolute Gasteiger partial charge is 0.338 e. The summed E-state index contributed by atoms with van der Waals surface area (Å²) in [6, 6.07) is -3.07. The third kappa shape index (κ3) is 20.7. The normalized spacial score (nSPS) is 13.6. The van der Waals surface area contributed by atoms with Gasteiger partial charge in [-0.2, -0.15) is 0 Å². The van der Waals surface area contributed by atoms with Crippen LogP contribution in [0, 0.1) is 0 Å². The second kappa shape index (κ2) is 20.8. The molecular weight excluding hydrogens is 614 g/mol. The minimum Gasteiger partial charge on any atom is -0.481 e. The highest BCUT2D eigenvalue weighted by Crippen LogP contribution is 2.19. The molecule has 17 nitrogen and oxygen atoms in total. The van der Waals surface area contributed by atoms with Crippen LogP contribution in [0.4, 0.5) is 0 Å². The number of aliphatic carboxylic acids is 1. The standard InChI is InChI=1S/C25H51N7O10Si2/c1-43(2,3)42-44(4,5)13-7-10-40-11-12-41-24(39)18(8-6-9-29-25(27)28)31-20(34)15-30-23(38)19(14-21(35)36)32-22(37)17(26)16-33/h17-19,33H,6-16,26H2,1-5H3,(H,30,38)(H,31,34)(H,32,37)(H,35,36)(H4,27,28,29)/p+1. The Bertz CT molecular complexity index is 975. The van der Waals surface area contributed by atoms with E-state index < -0.39 is 84.0 Å². The van der Waals surface area contributed by atoms with Gasteiger partial charge in [-0.15, -0.1) is 0 Å². The molecule has 0 aromatic rings. The lowest BCUT2D eigenvalue weighted by Crippen LogP contribution is -2.78. The number of aliphatic hydroxyl groups excluding tert-OH is 1. The van der Waals surface area contributed by atoms with E-state index in [-0.39, 0.29) is 25.6 Å². The van der Waals surface area contributed by atoms with Gasteiger partial charge in [-0.3, -0.25) is 35.6 Å². The number of hydrogen-bond acceptors (Lipinski definition) is 10. The second-order valence-electron chi connectivity index (χ2n) is 11.7. The van der Waals surface area contributed by atoms with E-state index in [4.69, 9.17) is 41.0 Å². The van der Waals surface area contributed by atoms with E-state index in [0.29, 0.717) is 19.6 Å². The summed E-state index contributed by atoms with van der Waals surface area (Å²) in [4.78, 5) is 63.5. The van der Waals surface area contributed by atoms with E-state index in [1.54, 1.807) is 0 Å². The van der Waals surface area contributed by atoms with Gasteiger partial charge >= 0.3 is 17.9 Å². The molecule has 0 heterocycles. The number of carboxylic acids is 1. The number of ether oxygens (including phenoxy) is 2. The van der Waals surface area contributed by atoms with Crippen LogP contribution in [0.5, 0.6) is 0 Å². The number of rotatable bonds is 23. The summed E-state index contributed by atoms with van der Waals surface area (Å²) in [5.41, 5.74) is 16.1. The van der Waals surface area contributed by atoms with Gasteiger partial charge < -0.3 is 45.5 Å². The highest BCUT2D eigenvalue weighted by Gasteiger charge is 2.29. The number of hydrogen-bond donors (Lipinski definition) is 9. The predicted octanol–water partition coefficient (Wildman–Crippen LogP) is -3.99. The highest BCUT2D eigenvalue weighted by molar-refractivity contribution is 6.84. The summed E-state index contributed by atoms with van der Waals surface area (Å²) in [6.07, 6.45) is 0.543. The van der Waals surface area contributed by atoms with Gasteiger partial charge in [-0.25, -0.2) is 4.79 Å². The van der Waals surface area contributed by atoms with Crippen LogP contribution in [0.1, 0.15) is 25.7 Å². The number of guanidine groups is 1. The molecule has 0 rings (SSSR count). The highest BCUT2D eigenvalue weighted by atomic mass is 28.4.